The van der Waals surface area contributed by atoms with E-state index in [0.717, 1.165) is 19.1 Å². The summed E-state index contributed by atoms with van der Waals surface area (Å²) in [5, 5.41) is 0. The zero-order valence-electron chi connectivity index (χ0n) is 5.31. The van der Waals surface area contributed by atoms with Gasteiger partial charge in [0.15, 0.2) is 0 Å². The van der Waals surface area contributed by atoms with Gasteiger partial charge < -0.3 is 10.7 Å². The van der Waals surface area contributed by atoms with E-state index in [1.807, 2.05) is 0 Å². The first-order chi connectivity index (χ1) is 3.47. The van der Waals surface area contributed by atoms with Crippen molar-refractivity contribution in [2.45, 2.75) is 12.8 Å². The molecule has 2 aliphatic rings. The summed E-state index contributed by atoms with van der Waals surface area (Å²) in [6.07, 6.45) is 2.63. The summed E-state index contributed by atoms with van der Waals surface area (Å²) in [5.74, 6) is 2.65. The Hall–Kier alpha value is 1.60. The van der Waals surface area contributed by atoms with Gasteiger partial charge in [0.2, 0.25) is 0 Å². The molecule has 2 fully saturated rings. The largest absolute Gasteiger partial charge is 1.00 e. The summed E-state index contributed by atoms with van der Waals surface area (Å²) in [4.78, 5) is 0. The molecule has 8 heavy (non-hydrogen) atoms. The molecule has 0 aromatic heterocycles. The predicted octanol–water partition coefficient (Wildman–Crippen LogP) is -1.99. The minimum atomic E-state index is 0. The van der Waals surface area contributed by atoms with E-state index in [1.165, 1.54) is 12.8 Å². The third-order valence-corrected chi connectivity index (χ3v) is 1.81. The first-order valence-electron chi connectivity index (χ1n) is 2.89. The standard InChI is InChI=1S/C6H9O.K/c1-2-7-4-6-3-5(1)6;/h6H,1-4H2;/q-1;+1. The smallest absolute Gasteiger partial charge is 0.387 e. The van der Waals surface area contributed by atoms with Gasteiger partial charge in [0, 0.05) is 13.2 Å². The molecular formula is C6H9KO. The molecule has 1 saturated carbocycles. The normalized spacial score (nSPS) is 35.2. The molecule has 0 aromatic carbocycles. The zero-order chi connectivity index (χ0) is 4.69. The third-order valence-electron chi connectivity index (χ3n) is 1.81. The van der Waals surface area contributed by atoms with Crippen molar-refractivity contribution in [1.82, 2.24) is 0 Å². The van der Waals surface area contributed by atoms with Gasteiger partial charge in [-0.3, -0.25) is 0 Å². The number of rotatable bonds is 0. The fourth-order valence-electron chi connectivity index (χ4n) is 1.17. The second-order valence-corrected chi connectivity index (χ2v) is 2.38. The molecule has 0 radical (unpaired) electrons. The Morgan fingerprint density at radius 3 is 2.88 bits per heavy atom. The second kappa shape index (κ2) is 3.13. The molecule has 1 aliphatic carbocycles. The topological polar surface area (TPSA) is 9.23 Å². The molecule has 0 aromatic rings. The Kier molecular flexibility index (Phi) is 3.01. The van der Waals surface area contributed by atoms with Crippen molar-refractivity contribution in [2.24, 2.45) is 5.92 Å². The quantitative estimate of drug-likeness (QED) is 0.277. The Balaban J connectivity index is 0.000000320. The van der Waals surface area contributed by atoms with Crippen LogP contribution in [0.15, 0.2) is 0 Å². The van der Waals surface area contributed by atoms with Crippen molar-refractivity contribution >= 4 is 0 Å². The summed E-state index contributed by atoms with van der Waals surface area (Å²) in [6.45, 7) is 2.02. The van der Waals surface area contributed by atoms with Gasteiger partial charge >= 0.3 is 51.4 Å². The summed E-state index contributed by atoms with van der Waals surface area (Å²) in [6, 6.07) is 0. The molecule has 1 heterocycles. The van der Waals surface area contributed by atoms with E-state index >= 15 is 0 Å². The molecule has 1 nitrogen and oxygen atoms in total. The van der Waals surface area contributed by atoms with Crippen molar-refractivity contribution in [2.75, 3.05) is 13.2 Å². The molecule has 1 atom stereocenters. The Labute approximate surface area is 92.6 Å². The van der Waals surface area contributed by atoms with Crippen LogP contribution in [-0.4, -0.2) is 13.2 Å². The summed E-state index contributed by atoms with van der Waals surface area (Å²) in [7, 11) is 0. The summed E-state index contributed by atoms with van der Waals surface area (Å²) in [5.41, 5.74) is 0. The maximum atomic E-state index is 5.20. The molecule has 0 N–H and O–H groups in total. The van der Waals surface area contributed by atoms with Gasteiger partial charge in [-0.25, -0.2) is 0 Å². The van der Waals surface area contributed by atoms with Crippen LogP contribution in [0.1, 0.15) is 12.8 Å². The van der Waals surface area contributed by atoms with Crippen molar-refractivity contribution in [3.63, 3.8) is 0 Å². The van der Waals surface area contributed by atoms with Crippen molar-refractivity contribution < 1.29 is 56.1 Å². The minimum Gasteiger partial charge on any atom is -0.387 e. The summed E-state index contributed by atoms with van der Waals surface area (Å²) < 4.78 is 5.20. The number of fused-ring (bicyclic) bond motifs is 1. The van der Waals surface area contributed by atoms with Crippen molar-refractivity contribution in [1.29, 1.82) is 0 Å². The molecule has 1 unspecified atom stereocenters. The van der Waals surface area contributed by atoms with Gasteiger partial charge in [-0.1, -0.05) is 0 Å². The van der Waals surface area contributed by atoms with Gasteiger partial charge in [-0.15, -0.1) is 0 Å². The van der Waals surface area contributed by atoms with E-state index in [4.69, 9.17) is 4.74 Å². The maximum absolute atomic E-state index is 5.20. The van der Waals surface area contributed by atoms with E-state index in [1.54, 1.807) is 5.92 Å². The van der Waals surface area contributed by atoms with E-state index in [2.05, 4.69) is 0 Å². The fourth-order valence-corrected chi connectivity index (χ4v) is 1.17. The van der Waals surface area contributed by atoms with Crippen LogP contribution in [0.4, 0.5) is 0 Å². The Morgan fingerprint density at radius 1 is 1.50 bits per heavy atom. The van der Waals surface area contributed by atoms with Crippen LogP contribution in [0.5, 0.6) is 0 Å². The Morgan fingerprint density at radius 2 is 2.38 bits per heavy atom. The maximum Gasteiger partial charge on any atom is 1.00 e. The van der Waals surface area contributed by atoms with Crippen LogP contribution in [0, 0.1) is 11.8 Å². The van der Waals surface area contributed by atoms with Gasteiger partial charge in [0.05, 0.1) is 0 Å². The van der Waals surface area contributed by atoms with E-state index in [0.29, 0.717) is 0 Å². The molecule has 2 heteroatoms. The van der Waals surface area contributed by atoms with Gasteiger partial charge in [0.1, 0.15) is 0 Å². The molecule has 40 valence electrons. The van der Waals surface area contributed by atoms with Gasteiger partial charge in [-0.2, -0.15) is 18.8 Å². The molecular weight excluding hydrogens is 127 g/mol. The zero-order valence-corrected chi connectivity index (χ0v) is 8.44. The van der Waals surface area contributed by atoms with E-state index in [-0.39, 0.29) is 51.4 Å². The van der Waals surface area contributed by atoms with Crippen LogP contribution < -0.4 is 51.4 Å². The molecule has 0 bridgehead atoms. The fraction of sp³-hybridized carbons (Fsp3) is 0.833. The molecule has 0 spiro atoms. The summed E-state index contributed by atoms with van der Waals surface area (Å²) >= 11 is 0. The molecule has 2 rings (SSSR count). The molecule has 1 aliphatic heterocycles. The van der Waals surface area contributed by atoms with Gasteiger partial charge in [-0.05, 0) is 0 Å². The predicted molar refractivity (Wildman–Crippen MR) is 26.8 cm³/mol. The molecule has 0 amide bonds. The van der Waals surface area contributed by atoms with Gasteiger partial charge in [0.25, 0.3) is 0 Å². The van der Waals surface area contributed by atoms with Crippen LogP contribution in [0.3, 0.4) is 0 Å². The van der Waals surface area contributed by atoms with Crippen molar-refractivity contribution in [3.8, 4) is 0 Å². The van der Waals surface area contributed by atoms with Crippen LogP contribution in [0.2, 0.25) is 0 Å². The SMILES string of the molecule is C1C[C-]2CC2CO1.[K+]. The first-order valence-corrected chi connectivity index (χ1v) is 2.89. The number of ether oxygens (including phenoxy) is 1. The third kappa shape index (κ3) is 1.55. The van der Waals surface area contributed by atoms with E-state index < -0.39 is 0 Å². The van der Waals surface area contributed by atoms with Crippen LogP contribution in [0.25, 0.3) is 0 Å². The first kappa shape index (κ1) is 7.70. The molecule has 1 saturated heterocycles. The number of hydrogen-bond acceptors (Lipinski definition) is 1. The monoisotopic (exact) mass is 136 g/mol. The minimum absolute atomic E-state index is 0. The van der Waals surface area contributed by atoms with E-state index in [9.17, 15) is 0 Å². The van der Waals surface area contributed by atoms with Crippen molar-refractivity contribution in [3.05, 3.63) is 5.92 Å². The average molecular weight is 136 g/mol. The van der Waals surface area contributed by atoms with Crippen LogP contribution in [-0.2, 0) is 4.74 Å². The van der Waals surface area contributed by atoms with Crippen LogP contribution >= 0.6 is 0 Å². The number of hydrogen-bond donors (Lipinski definition) is 0. The Bertz CT molecular complexity index is 74.6. The average Bonchev–Trinajstić information content (AvgIpc) is 2.41. The second-order valence-electron chi connectivity index (χ2n) is 2.38.